The van der Waals surface area contributed by atoms with Gasteiger partial charge < -0.3 is 24.4 Å². The molecular weight excluding hydrogens is 380 g/mol. The lowest BCUT2D eigenvalue weighted by Gasteiger charge is -2.37. The molecule has 1 atom stereocenters. The monoisotopic (exact) mass is 420 g/mol. The van der Waals surface area contributed by atoms with Crippen LogP contribution in [0, 0.1) is 0 Å². The minimum absolute atomic E-state index is 0.602. The summed E-state index contributed by atoms with van der Waals surface area (Å²) in [6.07, 6.45) is 1.82. The van der Waals surface area contributed by atoms with Crippen molar-refractivity contribution in [3.05, 3.63) is 23.8 Å². The van der Waals surface area contributed by atoms with Gasteiger partial charge in [0.1, 0.15) is 0 Å². The predicted octanol–water partition coefficient (Wildman–Crippen LogP) is 1.21. The molecule has 0 amide bonds. The van der Waals surface area contributed by atoms with Crippen LogP contribution in [0.1, 0.15) is 18.4 Å². The van der Waals surface area contributed by atoms with E-state index in [0.717, 1.165) is 83.2 Å². The van der Waals surface area contributed by atoms with Gasteiger partial charge >= 0.3 is 0 Å². The Balaban J connectivity index is 1.50. The molecule has 7 nitrogen and oxygen atoms in total. The molecule has 2 aliphatic rings. The predicted molar refractivity (Wildman–Crippen MR) is 120 cm³/mol. The van der Waals surface area contributed by atoms with Gasteiger partial charge in [-0.05, 0) is 51.7 Å². The third-order valence-corrected chi connectivity index (χ3v) is 6.17. The van der Waals surface area contributed by atoms with Gasteiger partial charge in [0.2, 0.25) is 0 Å². The molecule has 7 heteroatoms. The van der Waals surface area contributed by atoms with E-state index in [2.05, 4.69) is 52.9 Å². The SMILES string of the molecule is COc1cc(CN2CC[C@@](O)(CN3CCN(C)CC3)C2)ccc1OCCCN(C)C. The van der Waals surface area contributed by atoms with Gasteiger partial charge in [-0.25, -0.2) is 0 Å². The molecule has 0 unspecified atom stereocenters. The first-order valence-electron chi connectivity index (χ1n) is 11.2. The number of hydrogen-bond donors (Lipinski definition) is 1. The van der Waals surface area contributed by atoms with Gasteiger partial charge in [-0.3, -0.25) is 9.80 Å². The highest BCUT2D eigenvalue weighted by molar-refractivity contribution is 5.43. The van der Waals surface area contributed by atoms with Crippen LogP contribution in [-0.4, -0.2) is 118 Å². The number of β-amino-alcohol motifs (C(OH)–C–C–N with tert-alkyl or cyclic N) is 1. The molecule has 30 heavy (non-hydrogen) atoms. The van der Waals surface area contributed by atoms with Gasteiger partial charge in [0.15, 0.2) is 11.5 Å². The fourth-order valence-corrected chi connectivity index (χ4v) is 4.38. The molecule has 1 aromatic carbocycles. The largest absolute Gasteiger partial charge is 0.493 e. The minimum atomic E-state index is -0.602. The number of ether oxygens (including phenoxy) is 2. The molecule has 2 aliphatic heterocycles. The zero-order valence-corrected chi connectivity index (χ0v) is 19.3. The molecule has 0 spiro atoms. The van der Waals surface area contributed by atoms with Crippen LogP contribution in [0.25, 0.3) is 0 Å². The molecule has 0 aromatic heterocycles. The van der Waals surface area contributed by atoms with E-state index in [4.69, 9.17) is 9.47 Å². The summed E-state index contributed by atoms with van der Waals surface area (Å²) in [6.45, 7) is 9.21. The second-order valence-corrected chi connectivity index (χ2v) is 9.25. The molecule has 0 radical (unpaired) electrons. The third kappa shape index (κ3) is 6.82. The summed E-state index contributed by atoms with van der Waals surface area (Å²) < 4.78 is 11.5. The quantitative estimate of drug-likeness (QED) is 0.571. The highest BCUT2D eigenvalue weighted by atomic mass is 16.5. The molecule has 3 rings (SSSR count). The van der Waals surface area contributed by atoms with Gasteiger partial charge in [0.05, 0.1) is 19.3 Å². The molecule has 170 valence electrons. The van der Waals surface area contributed by atoms with E-state index in [-0.39, 0.29) is 0 Å². The third-order valence-electron chi connectivity index (χ3n) is 6.17. The van der Waals surface area contributed by atoms with Crippen LogP contribution in [0.5, 0.6) is 11.5 Å². The average Bonchev–Trinajstić information content (AvgIpc) is 3.07. The first-order chi connectivity index (χ1) is 14.4. The molecule has 1 aromatic rings. The number of rotatable bonds is 10. The van der Waals surface area contributed by atoms with Crippen molar-refractivity contribution in [2.45, 2.75) is 25.0 Å². The van der Waals surface area contributed by atoms with Gasteiger partial charge in [-0.15, -0.1) is 0 Å². The number of piperazine rings is 1. The van der Waals surface area contributed by atoms with Crippen LogP contribution in [0.2, 0.25) is 0 Å². The summed E-state index contributed by atoms with van der Waals surface area (Å²) in [5, 5.41) is 11.1. The summed E-state index contributed by atoms with van der Waals surface area (Å²) in [5.74, 6) is 1.58. The fraction of sp³-hybridized carbons (Fsp3) is 0.739. The van der Waals surface area contributed by atoms with Gasteiger partial charge in [-0.2, -0.15) is 0 Å². The van der Waals surface area contributed by atoms with Crippen LogP contribution in [-0.2, 0) is 6.54 Å². The maximum atomic E-state index is 11.1. The van der Waals surface area contributed by atoms with E-state index >= 15 is 0 Å². The molecule has 1 N–H and O–H groups in total. The zero-order valence-electron chi connectivity index (χ0n) is 19.3. The van der Waals surface area contributed by atoms with E-state index in [1.807, 2.05) is 6.07 Å². The van der Waals surface area contributed by atoms with Crippen LogP contribution in [0.4, 0.5) is 0 Å². The first-order valence-corrected chi connectivity index (χ1v) is 11.2. The molecule has 0 bridgehead atoms. The molecular formula is C23H40N4O3. The van der Waals surface area contributed by atoms with Crippen molar-refractivity contribution in [2.24, 2.45) is 0 Å². The molecule has 2 fully saturated rings. The highest BCUT2D eigenvalue weighted by Gasteiger charge is 2.37. The Morgan fingerprint density at radius 2 is 1.83 bits per heavy atom. The number of methoxy groups -OCH3 is 1. The number of hydrogen-bond acceptors (Lipinski definition) is 7. The van der Waals surface area contributed by atoms with Crippen molar-refractivity contribution in [3.8, 4) is 11.5 Å². The maximum absolute atomic E-state index is 11.1. The minimum Gasteiger partial charge on any atom is -0.493 e. The van der Waals surface area contributed by atoms with Crippen molar-refractivity contribution in [2.75, 3.05) is 87.2 Å². The standard InChI is InChI=1S/C23H40N4O3/c1-24(2)9-5-15-30-21-7-6-20(16-22(21)29-4)17-27-10-8-23(28,19-27)18-26-13-11-25(3)12-14-26/h6-7,16,28H,5,8-15,17-19H2,1-4H3/t23-/m1/s1. The first kappa shape index (κ1) is 23.3. The van der Waals surface area contributed by atoms with Crippen molar-refractivity contribution in [1.29, 1.82) is 0 Å². The Hall–Kier alpha value is -1.38. The summed E-state index contributed by atoms with van der Waals surface area (Å²) in [5.41, 5.74) is 0.589. The summed E-state index contributed by atoms with van der Waals surface area (Å²) in [6, 6.07) is 6.19. The lowest BCUT2D eigenvalue weighted by molar-refractivity contribution is -0.000371. The van der Waals surface area contributed by atoms with Crippen LogP contribution < -0.4 is 9.47 Å². The topological polar surface area (TPSA) is 51.7 Å². The average molecular weight is 421 g/mol. The maximum Gasteiger partial charge on any atom is 0.161 e. The number of likely N-dealkylation sites (tertiary alicyclic amines) is 1. The summed E-state index contributed by atoms with van der Waals surface area (Å²) in [4.78, 5) is 9.27. The summed E-state index contributed by atoms with van der Waals surface area (Å²) in [7, 11) is 7.99. The van der Waals surface area contributed by atoms with Crippen molar-refractivity contribution in [3.63, 3.8) is 0 Å². The lowest BCUT2D eigenvalue weighted by atomic mass is 10.0. The zero-order chi connectivity index (χ0) is 21.6. The smallest absolute Gasteiger partial charge is 0.161 e. The fourth-order valence-electron chi connectivity index (χ4n) is 4.38. The normalized spacial score (nSPS) is 23.9. The van der Waals surface area contributed by atoms with Crippen molar-refractivity contribution >= 4 is 0 Å². The Labute approximate surface area is 182 Å². The second-order valence-electron chi connectivity index (χ2n) is 9.25. The lowest BCUT2D eigenvalue weighted by Crippen LogP contribution is -2.51. The number of nitrogens with zero attached hydrogens (tertiary/aromatic N) is 4. The van der Waals surface area contributed by atoms with Gasteiger partial charge in [0.25, 0.3) is 0 Å². The number of benzene rings is 1. The number of aliphatic hydroxyl groups is 1. The Morgan fingerprint density at radius 3 is 2.53 bits per heavy atom. The van der Waals surface area contributed by atoms with Gasteiger partial charge in [-0.1, -0.05) is 6.07 Å². The van der Waals surface area contributed by atoms with Crippen molar-refractivity contribution < 1.29 is 14.6 Å². The highest BCUT2D eigenvalue weighted by Crippen LogP contribution is 2.30. The second kappa shape index (κ2) is 10.8. The Bertz CT molecular complexity index is 664. The van der Waals surface area contributed by atoms with E-state index in [9.17, 15) is 5.11 Å². The Morgan fingerprint density at radius 1 is 1.07 bits per heavy atom. The van der Waals surface area contributed by atoms with Crippen LogP contribution in [0.3, 0.4) is 0 Å². The van der Waals surface area contributed by atoms with E-state index in [1.165, 1.54) is 5.56 Å². The van der Waals surface area contributed by atoms with E-state index in [0.29, 0.717) is 6.61 Å². The number of likely N-dealkylation sites (N-methyl/N-ethyl adjacent to an activating group) is 1. The molecule has 0 saturated carbocycles. The van der Waals surface area contributed by atoms with E-state index < -0.39 is 5.60 Å². The Kier molecular flexibility index (Phi) is 8.36. The van der Waals surface area contributed by atoms with Crippen LogP contribution >= 0.6 is 0 Å². The van der Waals surface area contributed by atoms with Gasteiger partial charge in [0, 0.05) is 58.9 Å². The molecule has 2 saturated heterocycles. The summed E-state index contributed by atoms with van der Waals surface area (Å²) >= 11 is 0. The molecule has 0 aliphatic carbocycles. The van der Waals surface area contributed by atoms with E-state index in [1.54, 1.807) is 7.11 Å². The van der Waals surface area contributed by atoms with Crippen molar-refractivity contribution in [1.82, 2.24) is 19.6 Å². The van der Waals surface area contributed by atoms with Crippen LogP contribution in [0.15, 0.2) is 18.2 Å². The molecule has 2 heterocycles.